The SMILES string of the molecule is CCCC[C@H](NC(=O)[C@H](CCSC)NC(C)=O)C(=O)N[C@@H](CC(C)C)C(=O)N[C@@H](Cc1ccccc1)C(=O)O.N[C@@H](Cc1ccccc1)C(=O)O. The highest BCUT2D eigenvalue weighted by atomic mass is 32.2. The number of carboxylic acid groups (broad SMARTS) is 2. The summed E-state index contributed by atoms with van der Waals surface area (Å²) in [5.74, 6) is -3.40. The lowest BCUT2D eigenvalue weighted by molar-refractivity contribution is -0.142. The Kier molecular flexibility index (Phi) is 21.6. The van der Waals surface area contributed by atoms with E-state index in [4.69, 9.17) is 10.8 Å². The summed E-state index contributed by atoms with van der Waals surface area (Å²) in [5, 5.41) is 28.9. The van der Waals surface area contributed by atoms with Gasteiger partial charge >= 0.3 is 11.9 Å². The van der Waals surface area contributed by atoms with E-state index in [1.165, 1.54) is 6.92 Å². The van der Waals surface area contributed by atoms with Crippen LogP contribution in [0.1, 0.15) is 70.9 Å². The maximum absolute atomic E-state index is 13.3. The largest absolute Gasteiger partial charge is 0.480 e. The quantitative estimate of drug-likeness (QED) is 0.0997. The van der Waals surface area contributed by atoms with Crippen LogP contribution in [0.2, 0.25) is 0 Å². The first-order chi connectivity index (χ1) is 24.2. The normalized spacial score (nSPS) is 13.6. The van der Waals surface area contributed by atoms with Crippen molar-refractivity contribution in [1.29, 1.82) is 0 Å². The molecule has 2 aromatic carbocycles. The maximum atomic E-state index is 13.3. The number of carbonyl (C=O) groups excluding carboxylic acids is 4. The molecule has 2 rings (SSSR count). The molecule has 0 fully saturated rings. The second kappa shape index (κ2) is 24.7. The Morgan fingerprint density at radius 3 is 1.61 bits per heavy atom. The van der Waals surface area contributed by atoms with Gasteiger partial charge in [-0.25, -0.2) is 4.79 Å². The summed E-state index contributed by atoms with van der Waals surface area (Å²) >= 11 is 1.54. The second-order valence-corrected chi connectivity index (χ2v) is 13.6. The molecule has 0 aromatic heterocycles. The Hall–Kier alpha value is -4.43. The zero-order valence-electron chi connectivity index (χ0n) is 30.2. The van der Waals surface area contributed by atoms with Crippen LogP contribution in [0.3, 0.4) is 0 Å². The lowest BCUT2D eigenvalue weighted by Gasteiger charge is -2.26. The fourth-order valence-corrected chi connectivity index (χ4v) is 5.42. The van der Waals surface area contributed by atoms with Crippen LogP contribution in [-0.4, -0.2) is 88.0 Å². The number of amides is 4. The molecule has 0 radical (unpaired) electrons. The zero-order chi connectivity index (χ0) is 38.3. The molecule has 0 spiro atoms. The Morgan fingerprint density at radius 2 is 1.16 bits per heavy atom. The van der Waals surface area contributed by atoms with Crippen molar-refractivity contribution < 1.29 is 39.0 Å². The first-order valence-corrected chi connectivity index (χ1v) is 18.5. The minimum atomic E-state index is -1.18. The number of thioether (sulfide) groups is 1. The first-order valence-electron chi connectivity index (χ1n) is 17.1. The number of unbranched alkanes of at least 4 members (excludes halogenated alkanes) is 1. The van der Waals surface area contributed by atoms with Gasteiger partial charge in [0.2, 0.25) is 23.6 Å². The molecule has 14 heteroatoms. The molecule has 13 nitrogen and oxygen atoms in total. The molecule has 0 saturated carbocycles. The van der Waals surface area contributed by atoms with Crippen molar-refractivity contribution >= 4 is 47.3 Å². The van der Waals surface area contributed by atoms with E-state index >= 15 is 0 Å². The van der Waals surface area contributed by atoms with E-state index in [1.807, 2.05) is 63.4 Å². The minimum Gasteiger partial charge on any atom is -0.480 e. The first kappa shape index (κ1) is 44.6. The molecule has 4 amide bonds. The van der Waals surface area contributed by atoms with Gasteiger partial charge in [0.15, 0.2) is 0 Å². The zero-order valence-corrected chi connectivity index (χ0v) is 31.0. The van der Waals surface area contributed by atoms with Crippen LogP contribution in [0.25, 0.3) is 0 Å². The van der Waals surface area contributed by atoms with Crippen molar-refractivity contribution in [3.05, 3.63) is 71.8 Å². The molecule has 8 N–H and O–H groups in total. The third-order valence-electron chi connectivity index (χ3n) is 7.64. The van der Waals surface area contributed by atoms with E-state index in [9.17, 15) is 33.9 Å². The van der Waals surface area contributed by atoms with Crippen molar-refractivity contribution in [1.82, 2.24) is 21.3 Å². The van der Waals surface area contributed by atoms with Crippen LogP contribution >= 0.6 is 11.8 Å². The molecular weight excluding hydrogens is 675 g/mol. The molecule has 0 aliphatic rings. The average molecular weight is 730 g/mol. The minimum absolute atomic E-state index is 0.0258. The molecule has 5 atom stereocenters. The number of aliphatic carboxylic acids is 2. The van der Waals surface area contributed by atoms with Gasteiger partial charge in [0, 0.05) is 13.3 Å². The van der Waals surface area contributed by atoms with Crippen LogP contribution in [0.5, 0.6) is 0 Å². The fraction of sp³-hybridized carbons (Fsp3) is 0.514. The number of carbonyl (C=O) groups is 6. The molecule has 282 valence electrons. The molecule has 0 aliphatic carbocycles. The van der Waals surface area contributed by atoms with Crippen molar-refractivity contribution in [2.24, 2.45) is 11.7 Å². The predicted molar refractivity (Wildman–Crippen MR) is 199 cm³/mol. The average Bonchev–Trinajstić information content (AvgIpc) is 3.08. The van der Waals surface area contributed by atoms with Crippen LogP contribution in [0.4, 0.5) is 0 Å². The van der Waals surface area contributed by atoms with Gasteiger partial charge in [0.1, 0.15) is 30.2 Å². The van der Waals surface area contributed by atoms with Crippen molar-refractivity contribution in [3.8, 4) is 0 Å². The number of nitrogens with two attached hydrogens (primary N) is 1. The lowest BCUT2D eigenvalue weighted by atomic mass is 10.0. The van der Waals surface area contributed by atoms with Crippen molar-refractivity contribution in [2.45, 2.75) is 103 Å². The number of nitrogens with one attached hydrogen (secondary N) is 4. The smallest absolute Gasteiger partial charge is 0.326 e. The second-order valence-electron chi connectivity index (χ2n) is 12.7. The topological polar surface area (TPSA) is 217 Å². The van der Waals surface area contributed by atoms with Gasteiger partial charge < -0.3 is 37.2 Å². The standard InChI is InChI=1S/C28H44N4O6S.C9H11NO2/c1-6-7-13-21(30-26(35)22(14-15-39-5)29-19(4)33)25(34)31-23(16-18(2)3)27(36)32-24(28(37)38)17-20-11-9-8-10-12-20;10-8(9(11)12)6-7-4-2-1-3-5-7/h8-12,18,21-24H,6-7,13-17H2,1-5H3,(H,29,33)(H,30,35)(H,31,34)(H,32,36)(H,37,38);1-5,8H,6,10H2,(H,11,12)/t21-,22-,23-,24-;8-/m00/s1. The van der Waals surface area contributed by atoms with Gasteiger partial charge in [0.25, 0.3) is 0 Å². The molecule has 51 heavy (non-hydrogen) atoms. The summed E-state index contributed by atoms with van der Waals surface area (Å²) in [6, 6.07) is 13.7. The van der Waals surface area contributed by atoms with E-state index in [-0.39, 0.29) is 24.7 Å². The van der Waals surface area contributed by atoms with E-state index in [0.29, 0.717) is 31.4 Å². The van der Waals surface area contributed by atoms with Crippen LogP contribution in [-0.2, 0) is 41.6 Å². The fourth-order valence-electron chi connectivity index (χ4n) is 4.95. The summed E-state index contributed by atoms with van der Waals surface area (Å²) in [6.45, 7) is 7.08. The van der Waals surface area contributed by atoms with Gasteiger partial charge in [-0.2, -0.15) is 11.8 Å². The molecule has 0 unspecified atom stereocenters. The number of hydrogen-bond donors (Lipinski definition) is 7. The van der Waals surface area contributed by atoms with Gasteiger partial charge in [-0.1, -0.05) is 94.3 Å². The number of rotatable bonds is 21. The lowest BCUT2D eigenvalue weighted by Crippen LogP contribution is -2.58. The van der Waals surface area contributed by atoms with E-state index in [1.54, 1.807) is 36.0 Å². The van der Waals surface area contributed by atoms with Crippen LogP contribution in [0.15, 0.2) is 60.7 Å². The van der Waals surface area contributed by atoms with Crippen LogP contribution < -0.4 is 27.0 Å². The summed E-state index contributed by atoms with van der Waals surface area (Å²) in [5.41, 5.74) is 7.06. The van der Waals surface area contributed by atoms with E-state index < -0.39 is 59.9 Å². The summed E-state index contributed by atoms with van der Waals surface area (Å²) < 4.78 is 0. The van der Waals surface area contributed by atoms with Gasteiger partial charge in [-0.15, -0.1) is 0 Å². The Morgan fingerprint density at radius 1 is 0.686 bits per heavy atom. The number of benzene rings is 2. The Bertz CT molecular complexity index is 1380. The van der Waals surface area contributed by atoms with E-state index in [0.717, 1.165) is 17.5 Å². The monoisotopic (exact) mass is 729 g/mol. The van der Waals surface area contributed by atoms with E-state index in [2.05, 4.69) is 21.3 Å². The predicted octanol–water partition coefficient (Wildman–Crippen LogP) is 2.90. The highest BCUT2D eigenvalue weighted by Crippen LogP contribution is 2.11. The Labute approximate surface area is 305 Å². The molecule has 0 bridgehead atoms. The number of carboxylic acids is 2. The molecule has 0 heterocycles. The Balaban J connectivity index is 0.000000907. The maximum Gasteiger partial charge on any atom is 0.326 e. The van der Waals surface area contributed by atoms with Crippen molar-refractivity contribution in [3.63, 3.8) is 0 Å². The van der Waals surface area contributed by atoms with Crippen LogP contribution in [0, 0.1) is 5.92 Å². The summed E-state index contributed by atoms with van der Waals surface area (Å²) in [7, 11) is 0. The molecule has 0 aliphatic heterocycles. The molecule has 0 saturated heterocycles. The third-order valence-corrected chi connectivity index (χ3v) is 8.28. The third kappa shape index (κ3) is 18.9. The molecule has 2 aromatic rings. The van der Waals surface area contributed by atoms with Gasteiger partial charge in [-0.05, 0) is 54.7 Å². The highest BCUT2D eigenvalue weighted by Gasteiger charge is 2.31. The number of hydrogen-bond acceptors (Lipinski definition) is 8. The van der Waals surface area contributed by atoms with Gasteiger partial charge in [-0.3, -0.25) is 24.0 Å². The summed E-state index contributed by atoms with van der Waals surface area (Å²) in [6.07, 6.45) is 4.87. The summed E-state index contributed by atoms with van der Waals surface area (Å²) in [4.78, 5) is 73.4. The highest BCUT2D eigenvalue weighted by molar-refractivity contribution is 7.98. The van der Waals surface area contributed by atoms with Crippen molar-refractivity contribution in [2.75, 3.05) is 12.0 Å². The van der Waals surface area contributed by atoms with Gasteiger partial charge in [0.05, 0.1) is 0 Å². The molecular formula is C37H55N5O8S.